The average Bonchev–Trinajstić information content (AvgIpc) is 3.40. The fourth-order valence-electron chi connectivity index (χ4n) is 5.83. The first-order valence-corrected chi connectivity index (χ1v) is 10.8. The maximum atomic E-state index is 14.4. The number of fused-ring (bicyclic) bond motifs is 5. The number of nitrogens with zero attached hydrogens (tertiary/aromatic N) is 6. The van der Waals surface area contributed by atoms with Crippen molar-refractivity contribution in [1.29, 1.82) is 0 Å². The molecule has 0 aliphatic heterocycles. The van der Waals surface area contributed by atoms with Gasteiger partial charge < -0.3 is 4.42 Å². The third-order valence-electron chi connectivity index (χ3n) is 7.42. The molecule has 2 aliphatic carbocycles. The molecule has 7 nitrogen and oxygen atoms in total. The molecular weight excluding hydrogens is 426 g/mol. The van der Waals surface area contributed by atoms with Crippen molar-refractivity contribution < 1.29 is 13.2 Å². The minimum absolute atomic E-state index is 0.146. The Kier molecular flexibility index (Phi) is 4.06. The molecule has 166 valence electrons. The molecule has 4 aromatic rings. The summed E-state index contributed by atoms with van der Waals surface area (Å²) >= 11 is 0. The Morgan fingerprint density at radius 2 is 1.79 bits per heavy atom. The van der Waals surface area contributed by atoms with E-state index in [0.717, 1.165) is 29.8 Å². The molecule has 2 aliphatic rings. The predicted molar refractivity (Wildman–Crippen MR) is 114 cm³/mol. The van der Waals surface area contributed by atoms with Crippen LogP contribution < -0.4 is 0 Å². The zero-order valence-electron chi connectivity index (χ0n) is 18.3. The van der Waals surface area contributed by atoms with Crippen LogP contribution in [0.3, 0.4) is 0 Å². The lowest BCUT2D eigenvalue weighted by atomic mass is 9.66. The lowest BCUT2D eigenvalue weighted by Crippen LogP contribution is -2.38. The molecule has 0 radical (unpaired) electrons. The van der Waals surface area contributed by atoms with Crippen LogP contribution in [0.2, 0.25) is 0 Å². The molecule has 2 atom stereocenters. The van der Waals surface area contributed by atoms with Gasteiger partial charge in [-0.05, 0) is 47.9 Å². The number of aromatic nitrogens is 6. The molecule has 0 saturated heterocycles. The molecule has 0 spiro atoms. The van der Waals surface area contributed by atoms with Crippen LogP contribution in [0.25, 0.3) is 22.8 Å². The van der Waals surface area contributed by atoms with E-state index < -0.39 is 17.0 Å². The number of benzene rings is 1. The predicted octanol–water partition coefficient (Wildman–Crippen LogP) is 4.77. The van der Waals surface area contributed by atoms with E-state index in [9.17, 15) is 8.78 Å². The summed E-state index contributed by atoms with van der Waals surface area (Å²) in [6.45, 7) is 6.08. The van der Waals surface area contributed by atoms with Crippen molar-refractivity contribution in [3.05, 3.63) is 71.1 Å². The summed E-state index contributed by atoms with van der Waals surface area (Å²) in [7, 11) is 0. The molecule has 2 bridgehead atoms. The normalized spacial score (nSPS) is 22.5. The molecule has 0 unspecified atom stereocenters. The Hall–Kier alpha value is -3.62. The highest BCUT2D eigenvalue weighted by Gasteiger charge is 2.65. The average molecular weight is 446 g/mol. The standard InChI is InChI=1S/C24H20F2N6O/c1-12-29-32-22(33-12)18-10-27-11-19(28-18)24-8-7-14(23(24,2)3)13-9-17(30-31-21(13)24)20-15(25)5-4-6-16(20)26/h4-6,9-11,14H,7-8H2,1-3H3/t14-,24-/m0/s1. The van der Waals surface area contributed by atoms with Crippen molar-refractivity contribution in [2.45, 2.75) is 44.9 Å². The Labute approximate surface area is 188 Å². The topological polar surface area (TPSA) is 90.5 Å². The first kappa shape index (κ1) is 20.0. The fraction of sp³-hybridized carbons (Fsp3) is 0.333. The van der Waals surface area contributed by atoms with E-state index in [4.69, 9.17) is 9.40 Å². The van der Waals surface area contributed by atoms with Gasteiger partial charge in [-0.2, -0.15) is 5.10 Å². The number of rotatable bonds is 3. The van der Waals surface area contributed by atoms with Crippen LogP contribution in [0, 0.1) is 24.0 Å². The van der Waals surface area contributed by atoms with Crippen LogP contribution in [0.15, 0.2) is 41.1 Å². The second-order valence-corrected chi connectivity index (χ2v) is 9.26. The largest absolute Gasteiger partial charge is 0.420 e. The summed E-state index contributed by atoms with van der Waals surface area (Å²) in [5.74, 6) is -0.417. The third kappa shape index (κ3) is 2.59. The minimum atomic E-state index is -0.658. The van der Waals surface area contributed by atoms with E-state index in [0.29, 0.717) is 17.5 Å². The lowest BCUT2D eigenvalue weighted by molar-refractivity contribution is 0.242. The van der Waals surface area contributed by atoms with Crippen molar-refractivity contribution in [3.63, 3.8) is 0 Å². The summed E-state index contributed by atoms with van der Waals surface area (Å²) in [6.07, 6.45) is 5.06. The number of hydrogen-bond acceptors (Lipinski definition) is 7. The summed E-state index contributed by atoms with van der Waals surface area (Å²) in [6, 6.07) is 5.58. The quantitative estimate of drug-likeness (QED) is 0.448. The van der Waals surface area contributed by atoms with Crippen LogP contribution >= 0.6 is 0 Å². The summed E-state index contributed by atoms with van der Waals surface area (Å²) in [5.41, 5.74) is 2.24. The van der Waals surface area contributed by atoms with E-state index in [1.54, 1.807) is 25.4 Å². The zero-order valence-corrected chi connectivity index (χ0v) is 18.3. The SMILES string of the molecule is Cc1nnc(-c2cncc([C@@]34CC[C@@H](c5cc(-c6c(F)cccc6F)nnc53)C4(C)C)n2)o1. The maximum absolute atomic E-state index is 14.4. The molecule has 1 aromatic carbocycles. The van der Waals surface area contributed by atoms with Gasteiger partial charge in [0.15, 0.2) is 0 Å². The Morgan fingerprint density at radius 3 is 2.52 bits per heavy atom. The van der Waals surface area contributed by atoms with E-state index in [-0.39, 0.29) is 22.6 Å². The van der Waals surface area contributed by atoms with Gasteiger partial charge in [0.05, 0.1) is 34.3 Å². The van der Waals surface area contributed by atoms with Crippen molar-refractivity contribution in [1.82, 2.24) is 30.4 Å². The molecule has 3 heterocycles. The summed E-state index contributed by atoms with van der Waals surface area (Å²) in [4.78, 5) is 9.28. The summed E-state index contributed by atoms with van der Waals surface area (Å²) < 4.78 is 34.4. The zero-order chi connectivity index (χ0) is 23.0. The monoisotopic (exact) mass is 446 g/mol. The Bertz CT molecular complexity index is 1400. The second-order valence-electron chi connectivity index (χ2n) is 9.26. The number of hydrogen-bond donors (Lipinski definition) is 0. The van der Waals surface area contributed by atoms with E-state index in [2.05, 4.69) is 39.2 Å². The minimum Gasteiger partial charge on any atom is -0.420 e. The molecule has 9 heteroatoms. The van der Waals surface area contributed by atoms with Crippen molar-refractivity contribution in [3.8, 4) is 22.8 Å². The smallest absolute Gasteiger partial charge is 0.267 e. The van der Waals surface area contributed by atoms with Gasteiger partial charge in [0.25, 0.3) is 5.89 Å². The van der Waals surface area contributed by atoms with Gasteiger partial charge in [-0.3, -0.25) is 4.98 Å². The van der Waals surface area contributed by atoms with Gasteiger partial charge in [0, 0.05) is 13.1 Å². The van der Waals surface area contributed by atoms with Crippen LogP contribution in [-0.4, -0.2) is 30.4 Å². The fourth-order valence-corrected chi connectivity index (χ4v) is 5.83. The highest BCUT2D eigenvalue weighted by Crippen LogP contribution is 2.69. The van der Waals surface area contributed by atoms with E-state index in [1.165, 1.54) is 18.2 Å². The van der Waals surface area contributed by atoms with Crippen LogP contribution in [0.4, 0.5) is 8.78 Å². The molecule has 1 fully saturated rings. The highest BCUT2D eigenvalue weighted by molar-refractivity contribution is 5.64. The maximum Gasteiger partial charge on any atom is 0.267 e. The molecular formula is C24H20F2N6O. The van der Waals surface area contributed by atoms with Crippen molar-refractivity contribution >= 4 is 0 Å². The molecule has 0 N–H and O–H groups in total. The molecule has 6 rings (SSSR count). The van der Waals surface area contributed by atoms with Gasteiger partial charge in [-0.25, -0.2) is 13.8 Å². The molecule has 33 heavy (non-hydrogen) atoms. The van der Waals surface area contributed by atoms with Crippen LogP contribution in [-0.2, 0) is 5.41 Å². The Morgan fingerprint density at radius 1 is 1.00 bits per heavy atom. The second kappa shape index (κ2) is 6.69. The van der Waals surface area contributed by atoms with Gasteiger partial charge in [-0.1, -0.05) is 19.9 Å². The molecule has 0 amide bonds. The first-order valence-electron chi connectivity index (χ1n) is 10.8. The van der Waals surface area contributed by atoms with Gasteiger partial charge in [0.2, 0.25) is 5.89 Å². The third-order valence-corrected chi connectivity index (χ3v) is 7.42. The van der Waals surface area contributed by atoms with Crippen molar-refractivity contribution in [2.75, 3.05) is 0 Å². The van der Waals surface area contributed by atoms with E-state index >= 15 is 0 Å². The van der Waals surface area contributed by atoms with Crippen LogP contribution in [0.1, 0.15) is 55.4 Å². The highest BCUT2D eigenvalue weighted by atomic mass is 19.1. The van der Waals surface area contributed by atoms with Gasteiger partial charge >= 0.3 is 0 Å². The van der Waals surface area contributed by atoms with Gasteiger partial charge in [0.1, 0.15) is 17.3 Å². The lowest BCUT2D eigenvalue weighted by Gasteiger charge is -2.37. The van der Waals surface area contributed by atoms with Crippen molar-refractivity contribution in [2.24, 2.45) is 5.41 Å². The number of aryl methyl sites for hydroxylation is 1. The molecule has 3 aromatic heterocycles. The van der Waals surface area contributed by atoms with Crippen LogP contribution in [0.5, 0.6) is 0 Å². The van der Waals surface area contributed by atoms with E-state index in [1.807, 2.05) is 0 Å². The first-order chi connectivity index (χ1) is 15.8. The Balaban J connectivity index is 1.53. The summed E-state index contributed by atoms with van der Waals surface area (Å²) in [5, 5.41) is 16.8. The number of halogens is 2. The molecule has 1 saturated carbocycles. The van der Waals surface area contributed by atoms with Gasteiger partial charge in [-0.15, -0.1) is 15.3 Å².